The van der Waals surface area contributed by atoms with E-state index in [9.17, 15) is 4.39 Å². The summed E-state index contributed by atoms with van der Waals surface area (Å²) in [6.07, 6.45) is 0.931. The van der Waals surface area contributed by atoms with E-state index < -0.39 is 5.82 Å². The van der Waals surface area contributed by atoms with Crippen LogP contribution in [0.5, 0.6) is 5.88 Å². The fourth-order valence-electron chi connectivity index (χ4n) is 1.33. The first-order chi connectivity index (χ1) is 8.70. The molecule has 0 atom stereocenters. The Bertz CT molecular complexity index is 613. The second kappa shape index (κ2) is 5.43. The van der Waals surface area contributed by atoms with Gasteiger partial charge in [0.15, 0.2) is 0 Å². The van der Waals surface area contributed by atoms with Crippen molar-refractivity contribution < 1.29 is 9.13 Å². The van der Waals surface area contributed by atoms with E-state index in [-0.39, 0.29) is 17.8 Å². The number of ether oxygens (including phenoxy) is 1. The molecule has 0 N–H and O–H groups in total. The molecular weight excluding hydrogens is 257 g/mol. The lowest BCUT2D eigenvalue weighted by molar-refractivity contribution is 0.276. The predicted octanol–water partition coefficient (Wildman–Crippen LogP) is 2.72. The van der Waals surface area contributed by atoms with E-state index in [2.05, 4.69) is 9.97 Å². The van der Waals surface area contributed by atoms with Crippen LogP contribution < -0.4 is 4.74 Å². The summed E-state index contributed by atoms with van der Waals surface area (Å²) in [5.41, 5.74) is 1.12. The van der Waals surface area contributed by atoms with Gasteiger partial charge in [0.05, 0.1) is 17.8 Å². The molecule has 0 aliphatic carbocycles. The summed E-state index contributed by atoms with van der Waals surface area (Å²) >= 11 is 5.54. The molecule has 0 spiro atoms. The SMILES string of the molecule is N#Cc1ccccc1COc1nc(Cl)ncc1F. The molecule has 0 aliphatic heterocycles. The van der Waals surface area contributed by atoms with E-state index >= 15 is 0 Å². The van der Waals surface area contributed by atoms with Crippen LogP contribution in [0.15, 0.2) is 30.5 Å². The molecule has 90 valence electrons. The van der Waals surface area contributed by atoms with Crippen molar-refractivity contribution in [2.24, 2.45) is 0 Å². The van der Waals surface area contributed by atoms with Gasteiger partial charge in [0.2, 0.25) is 11.1 Å². The van der Waals surface area contributed by atoms with Crippen molar-refractivity contribution in [1.29, 1.82) is 5.26 Å². The fourth-order valence-corrected chi connectivity index (χ4v) is 1.46. The lowest BCUT2D eigenvalue weighted by Gasteiger charge is -2.07. The maximum absolute atomic E-state index is 13.3. The number of rotatable bonds is 3. The lowest BCUT2D eigenvalue weighted by atomic mass is 10.1. The maximum atomic E-state index is 13.3. The minimum Gasteiger partial charge on any atom is -0.471 e. The molecule has 0 saturated carbocycles. The summed E-state index contributed by atoms with van der Waals surface area (Å²) in [7, 11) is 0. The topological polar surface area (TPSA) is 58.8 Å². The highest BCUT2D eigenvalue weighted by Crippen LogP contribution is 2.17. The van der Waals surface area contributed by atoms with Crippen molar-refractivity contribution in [3.63, 3.8) is 0 Å². The Labute approximate surface area is 108 Å². The first-order valence-corrected chi connectivity index (χ1v) is 5.37. The molecule has 0 amide bonds. The van der Waals surface area contributed by atoms with Crippen molar-refractivity contribution in [1.82, 2.24) is 9.97 Å². The summed E-state index contributed by atoms with van der Waals surface area (Å²) in [4.78, 5) is 7.09. The van der Waals surface area contributed by atoms with Crippen LogP contribution in [0.25, 0.3) is 0 Å². The number of hydrogen-bond acceptors (Lipinski definition) is 4. The highest BCUT2D eigenvalue weighted by atomic mass is 35.5. The normalized spacial score (nSPS) is 9.83. The van der Waals surface area contributed by atoms with E-state index in [0.29, 0.717) is 11.1 Å². The molecule has 0 radical (unpaired) electrons. The molecule has 0 unspecified atom stereocenters. The van der Waals surface area contributed by atoms with Crippen LogP contribution in [-0.2, 0) is 6.61 Å². The van der Waals surface area contributed by atoms with Crippen molar-refractivity contribution in [2.75, 3.05) is 0 Å². The van der Waals surface area contributed by atoms with Gasteiger partial charge < -0.3 is 4.74 Å². The molecule has 0 bridgehead atoms. The van der Waals surface area contributed by atoms with Crippen molar-refractivity contribution in [3.05, 3.63) is 52.7 Å². The number of nitriles is 1. The molecule has 4 nitrogen and oxygen atoms in total. The Hall–Kier alpha value is -2.19. The number of halogens is 2. The summed E-state index contributed by atoms with van der Waals surface area (Å²) < 4.78 is 18.5. The predicted molar refractivity (Wildman–Crippen MR) is 62.5 cm³/mol. The van der Waals surface area contributed by atoms with Gasteiger partial charge in [-0.3, -0.25) is 0 Å². The van der Waals surface area contributed by atoms with Gasteiger partial charge >= 0.3 is 0 Å². The maximum Gasteiger partial charge on any atom is 0.255 e. The number of aromatic nitrogens is 2. The summed E-state index contributed by atoms with van der Waals surface area (Å²) in [6.45, 7) is 0.0357. The van der Waals surface area contributed by atoms with E-state index in [1.165, 1.54) is 0 Å². The van der Waals surface area contributed by atoms with Crippen LogP contribution in [-0.4, -0.2) is 9.97 Å². The van der Waals surface area contributed by atoms with Gasteiger partial charge in [-0.1, -0.05) is 18.2 Å². The van der Waals surface area contributed by atoms with Gasteiger partial charge in [-0.15, -0.1) is 0 Å². The van der Waals surface area contributed by atoms with Crippen LogP contribution in [0.4, 0.5) is 4.39 Å². The zero-order chi connectivity index (χ0) is 13.0. The Kier molecular flexibility index (Phi) is 3.70. The highest BCUT2D eigenvalue weighted by Gasteiger charge is 2.08. The van der Waals surface area contributed by atoms with E-state index in [4.69, 9.17) is 21.6 Å². The zero-order valence-corrected chi connectivity index (χ0v) is 9.86. The molecule has 18 heavy (non-hydrogen) atoms. The monoisotopic (exact) mass is 263 g/mol. The third kappa shape index (κ3) is 2.73. The van der Waals surface area contributed by atoms with Gasteiger partial charge in [-0.05, 0) is 17.7 Å². The molecule has 6 heteroatoms. The minimum absolute atomic E-state index is 0.0357. The van der Waals surface area contributed by atoms with E-state index in [1.807, 2.05) is 6.07 Å². The Morgan fingerprint density at radius 1 is 1.39 bits per heavy atom. The Morgan fingerprint density at radius 2 is 2.17 bits per heavy atom. The molecule has 1 aromatic carbocycles. The summed E-state index contributed by atoms with van der Waals surface area (Å²) in [5.74, 6) is -0.934. The van der Waals surface area contributed by atoms with Crippen molar-refractivity contribution >= 4 is 11.6 Å². The molecule has 1 aromatic heterocycles. The van der Waals surface area contributed by atoms with Crippen LogP contribution in [0, 0.1) is 17.1 Å². The third-order valence-corrected chi connectivity index (χ3v) is 2.37. The summed E-state index contributed by atoms with van der Waals surface area (Å²) in [6, 6.07) is 8.91. The fraction of sp³-hybridized carbons (Fsp3) is 0.0833. The van der Waals surface area contributed by atoms with Gasteiger partial charge in [0.1, 0.15) is 6.61 Å². The second-order valence-electron chi connectivity index (χ2n) is 3.35. The number of nitrogens with zero attached hydrogens (tertiary/aromatic N) is 3. The molecule has 0 fully saturated rings. The van der Waals surface area contributed by atoms with E-state index in [0.717, 1.165) is 6.20 Å². The quantitative estimate of drug-likeness (QED) is 0.799. The van der Waals surface area contributed by atoms with Crippen molar-refractivity contribution in [2.45, 2.75) is 6.61 Å². The smallest absolute Gasteiger partial charge is 0.255 e. The van der Waals surface area contributed by atoms with Crippen LogP contribution in [0.2, 0.25) is 5.28 Å². The van der Waals surface area contributed by atoms with Gasteiger partial charge in [0.25, 0.3) is 5.88 Å². The van der Waals surface area contributed by atoms with E-state index in [1.54, 1.807) is 24.3 Å². The minimum atomic E-state index is -0.700. The molecule has 0 aliphatic rings. The zero-order valence-electron chi connectivity index (χ0n) is 9.10. The number of hydrogen-bond donors (Lipinski definition) is 0. The largest absolute Gasteiger partial charge is 0.471 e. The van der Waals surface area contributed by atoms with Gasteiger partial charge in [-0.2, -0.15) is 14.6 Å². The molecule has 0 saturated heterocycles. The van der Waals surface area contributed by atoms with Crippen LogP contribution >= 0.6 is 11.6 Å². The standard InChI is InChI=1S/C12H7ClFN3O/c13-12-16-6-10(14)11(17-12)18-7-9-4-2-1-3-8(9)5-15/h1-4,6H,7H2. The first kappa shape index (κ1) is 12.3. The summed E-state index contributed by atoms with van der Waals surface area (Å²) in [5, 5.41) is 8.79. The van der Waals surface area contributed by atoms with Crippen LogP contribution in [0.3, 0.4) is 0 Å². The first-order valence-electron chi connectivity index (χ1n) is 4.99. The molecule has 2 aromatic rings. The lowest BCUT2D eigenvalue weighted by Crippen LogP contribution is -2.02. The molecule has 1 heterocycles. The number of benzene rings is 1. The Balaban J connectivity index is 2.17. The molecule has 2 rings (SSSR count). The Morgan fingerprint density at radius 3 is 2.94 bits per heavy atom. The second-order valence-corrected chi connectivity index (χ2v) is 3.69. The van der Waals surface area contributed by atoms with Crippen molar-refractivity contribution in [3.8, 4) is 11.9 Å². The van der Waals surface area contributed by atoms with Gasteiger partial charge in [0, 0.05) is 5.56 Å². The molecular formula is C12H7ClFN3O. The third-order valence-electron chi connectivity index (χ3n) is 2.18. The average molecular weight is 264 g/mol. The average Bonchev–Trinajstić information content (AvgIpc) is 2.40. The van der Waals surface area contributed by atoms with Crippen LogP contribution in [0.1, 0.15) is 11.1 Å². The highest BCUT2D eigenvalue weighted by molar-refractivity contribution is 6.28. The van der Waals surface area contributed by atoms with Gasteiger partial charge in [-0.25, -0.2) is 4.98 Å².